The second kappa shape index (κ2) is 7.98. The molecule has 4 aromatic rings. The van der Waals surface area contributed by atoms with Crippen LogP contribution < -0.4 is 25.8 Å². The van der Waals surface area contributed by atoms with Crippen LogP contribution in [0.4, 0.5) is 28.1 Å². The third-order valence-corrected chi connectivity index (χ3v) is 5.38. The average molecular weight is 429 g/mol. The molecule has 29 heavy (non-hydrogen) atoms. The maximum Gasteiger partial charge on any atom is 0.189 e. The van der Waals surface area contributed by atoms with Gasteiger partial charge in [-0.2, -0.15) is 0 Å². The van der Waals surface area contributed by atoms with E-state index in [1.54, 1.807) is 19.2 Å². The lowest BCUT2D eigenvalue weighted by molar-refractivity contribution is 0.396. The zero-order valence-electron chi connectivity index (χ0n) is 15.6. The second-order valence-corrected chi connectivity index (χ2v) is 7.35. The predicted molar refractivity (Wildman–Crippen MR) is 117 cm³/mol. The highest BCUT2D eigenvalue weighted by Crippen LogP contribution is 2.39. The number of nitrogen functional groups attached to an aromatic ring is 1. The van der Waals surface area contributed by atoms with Crippen LogP contribution in [-0.2, 0) is 0 Å². The smallest absolute Gasteiger partial charge is 0.189 e. The first-order chi connectivity index (χ1) is 14.1. The number of nitrogens with two attached hydrogens (primary N) is 1. The number of para-hydroxylation sites is 1. The van der Waals surface area contributed by atoms with Crippen LogP contribution in [0.3, 0.4) is 0 Å². The van der Waals surface area contributed by atoms with Gasteiger partial charge in [-0.3, -0.25) is 0 Å². The number of hydrogen-bond donors (Lipinski definition) is 3. The first kappa shape index (κ1) is 19.0. The van der Waals surface area contributed by atoms with Gasteiger partial charge in [-0.25, -0.2) is 15.0 Å². The van der Waals surface area contributed by atoms with Gasteiger partial charge in [0.25, 0.3) is 0 Å². The van der Waals surface area contributed by atoms with E-state index in [1.807, 2.05) is 24.3 Å². The topological polar surface area (TPSA) is 107 Å². The molecular weight excluding hydrogens is 412 g/mol. The number of aromatic nitrogens is 3. The largest absolute Gasteiger partial charge is 0.495 e. The number of rotatable bonds is 6. The number of nitrogens with zero attached hydrogens (tertiary/aromatic N) is 3. The Morgan fingerprint density at radius 2 is 1.72 bits per heavy atom. The van der Waals surface area contributed by atoms with E-state index in [1.165, 1.54) is 24.8 Å². The molecule has 0 aliphatic heterocycles. The van der Waals surface area contributed by atoms with Crippen LogP contribution in [0.2, 0.25) is 5.02 Å². The number of fused-ring (bicyclic) bond motifs is 1. The zero-order valence-corrected chi connectivity index (χ0v) is 17.1. The van der Waals surface area contributed by atoms with Crippen molar-refractivity contribution in [2.24, 2.45) is 0 Å². The molecule has 0 saturated heterocycles. The molecule has 148 valence electrons. The normalized spacial score (nSPS) is 10.7. The summed E-state index contributed by atoms with van der Waals surface area (Å²) in [5, 5.41) is 7.41. The van der Waals surface area contributed by atoms with Crippen LogP contribution in [0.1, 0.15) is 0 Å². The first-order valence-electron chi connectivity index (χ1n) is 8.50. The molecule has 0 unspecified atom stereocenters. The van der Waals surface area contributed by atoms with Gasteiger partial charge in [0.1, 0.15) is 23.5 Å². The van der Waals surface area contributed by atoms with Gasteiger partial charge in [0.2, 0.25) is 0 Å². The van der Waals surface area contributed by atoms with E-state index >= 15 is 0 Å². The van der Waals surface area contributed by atoms with Crippen LogP contribution in [0.15, 0.2) is 42.7 Å². The predicted octanol–water partition coefficient (Wildman–Crippen LogP) is 4.83. The summed E-state index contributed by atoms with van der Waals surface area (Å²) in [5.74, 6) is 1.89. The molecule has 0 fully saturated rings. The van der Waals surface area contributed by atoms with Crippen molar-refractivity contribution >= 4 is 61.3 Å². The van der Waals surface area contributed by atoms with Crippen LogP contribution in [-0.4, -0.2) is 29.2 Å². The van der Waals surface area contributed by atoms with E-state index in [9.17, 15) is 0 Å². The fourth-order valence-electron chi connectivity index (χ4n) is 2.71. The monoisotopic (exact) mass is 428 g/mol. The van der Waals surface area contributed by atoms with Crippen molar-refractivity contribution in [3.05, 3.63) is 47.7 Å². The molecule has 0 amide bonds. The summed E-state index contributed by atoms with van der Waals surface area (Å²) in [7, 11) is 3.09. The molecule has 0 spiro atoms. The summed E-state index contributed by atoms with van der Waals surface area (Å²) in [4.78, 5) is 13.0. The molecule has 8 nitrogen and oxygen atoms in total. The minimum Gasteiger partial charge on any atom is -0.495 e. The van der Waals surface area contributed by atoms with E-state index in [-0.39, 0.29) is 0 Å². The first-order valence-corrected chi connectivity index (χ1v) is 9.70. The van der Waals surface area contributed by atoms with Crippen molar-refractivity contribution in [3.8, 4) is 11.5 Å². The number of hydrogen-bond acceptors (Lipinski definition) is 9. The van der Waals surface area contributed by atoms with Crippen molar-refractivity contribution < 1.29 is 9.47 Å². The zero-order chi connectivity index (χ0) is 20.4. The van der Waals surface area contributed by atoms with Crippen LogP contribution in [0, 0.1) is 0 Å². The number of methoxy groups -OCH3 is 2. The van der Waals surface area contributed by atoms with E-state index in [0.717, 1.165) is 10.2 Å². The number of halogens is 1. The fraction of sp³-hybridized carbons (Fsp3) is 0.105. The lowest BCUT2D eigenvalue weighted by atomic mass is 10.2. The van der Waals surface area contributed by atoms with Gasteiger partial charge in [-0.05, 0) is 18.2 Å². The summed E-state index contributed by atoms with van der Waals surface area (Å²) < 4.78 is 11.7. The van der Waals surface area contributed by atoms with E-state index in [4.69, 9.17) is 26.8 Å². The van der Waals surface area contributed by atoms with Crippen LogP contribution in [0.25, 0.3) is 10.2 Å². The lowest BCUT2D eigenvalue weighted by Crippen LogP contribution is -2.06. The third-order valence-electron chi connectivity index (χ3n) is 4.13. The molecule has 0 aliphatic rings. The van der Waals surface area contributed by atoms with E-state index in [2.05, 4.69) is 25.6 Å². The molecule has 2 heterocycles. The Bertz CT molecular complexity index is 1150. The van der Waals surface area contributed by atoms with E-state index < -0.39 is 0 Å². The molecule has 0 radical (unpaired) electrons. The Hall–Kier alpha value is -3.30. The summed E-state index contributed by atoms with van der Waals surface area (Å²) >= 11 is 7.75. The summed E-state index contributed by atoms with van der Waals surface area (Å²) in [5.41, 5.74) is 8.12. The number of ether oxygens (including phenoxy) is 2. The Labute approximate surface area is 175 Å². The van der Waals surface area contributed by atoms with Crippen LogP contribution in [0.5, 0.6) is 11.5 Å². The van der Waals surface area contributed by atoms with Gasteiger partial charge in [0.05, 0.1) is 35.1 Å². The number of thiazole rings is 1. The Morgan fingerprint density at radius 3 is 2.45 bits per heavy atom. The number of anilines is 5. The maximum absolute atomic E-state index is 6.29. The molecule has 0 atom stereocenters. The van der Waals surface area contributed by atoms with Gasteiger partial charge < -0.3 is 25.8 Å². The van der Waals surface area contributed by atoms with Crippen molar-refractivity contribution in [3.63, 3.8) is 0 Å². The Morgan fingerprint density at radius 1 is 1.00 bits per heavy atom. The summed E-state index contributed by atoms with van der Waals surface area (Å²) in [6.45, 7) is 0. The molecule has 10 heteroatoms. The molecule has 0 bridgehead atoms. The van der Waals surface area contributed by atoms with Crippen molar-refractivity contribution in [1.29, 1.82) is 0 Å². The molecule has 4 rings (SSSR count). The van der Waals surface area contributed by atoms with Crippen molar-refractivity contribution in [2.45, 2.75) is 0 Å². The molecule has 4 N–H and O–H groups in total. The fourth-order valence-corrected chi connectivity index (χ4v) is 3.81. The highest BCUT2D eigenvalue weighted by atomic mass is 35.5. The van der Waals surface area contributed by atoms with Gasteiger partial charge >= 0.3 is 0 Å². The highest BCUT2D eigenvalue weighted by Gasteiger charge is 2.15. The number of benzene rings is 2. The summed E-state index contributed by atoms with van der Waals surface area (Å²) in [6, 6.07) is 11.2. The molecule has 2 aromatic carbocycles. The van der Waals surface area contributed by atoms with Gasteiger partial charge in [-0.15, -0.1) is 0 Å². The SMILES string of the molecule is COc1cc(OC)c(Nc2ncnc(Nc3nc4ccccc4s3)c2N)cc1Cl. The minimum atomic E-state index is 0.334. The van der Waals surface area contributed by atoms with Gasteiger partial charge in [0.15, 0.2) is 16.8 Å². The Balaban J connectivity index is 1.64. The second-order valence-electron chi connectivity index (χ2n) is 5.91. The minimum absolute atomic E-state index is 0.334. The highest BCUT2D eigenvalue weighted by molar-refractivity contribution is 7.22. The Kier molecular flexibility index (Phi) is 5.24. The molecular formula is C19H17ClN6O2S. The quantitative estimate of drug-likeness (QED) is 0.401. The lowest BCUT2D eigenvalue weighted by Gasteiger charge is -2.15. The van der Waals surface area contributed by atoms with Gasteiger partial charge in [0, 0.05) is 6.07 Å². The molecule has 2 aromatic heterocycles. The summed E-state index contributed by atoms with van der Waals surface area (Å²) in [6.07, 6.45) is 1.41. The molecule has 0 aliphatic carbocycles. The van der Waals surface area contributed by atoms with Crippen LogP contribution >= 0.6 is 22.9 Å². The maximum atomic E-state index is 6.29. The molecule has 0 saturated carbocycles. The average Bonchev–Trinajstić information content (AvgIpc) is 3.13. The number of nitrogens with one attached hydrogen (secondary N) is 2. The third kappa shape index (κ3) is 3.82. The van der Waals surface area contributed by atoms with E-state index in [0.29, 0.717) is 44.7 Å². The standard InChI is InChI=1S/C19H17ClN6O2S/c1-27-13-8-14(28-2)12(7-10(13)20)24-17-16(21)18(23-9-22-17)26-19-25-11-5-3-4-6-15(11)29-19/h3-9H,21H2,1-2H3,(H2,22,23,24,25,26). The van der Waals surface area contributed by atoms with Crippen molar-refractivity contribution in [1.82, 2.24) is 15.0 Å². The van der Waals surface area contributed by atoms with Gasteiger partial charge in [-0.1, -0.05) is 35.1 Å². The van der Waals surface area contributed by atoms with Crippen molar-refractivity contribution in [2.75, 3.05) is 30.6 Å².